The predicted molar refractivity (Wildman–Crippen MR) is 168 cm³/mol. The maximum absolute atomic E-state index is 13.3. The second-order valence-electron chi connectivity index (χ2n) is 10.5. The van der Waals surface area contributed by atoms with Crippen LogP contribution in [0.15, 0.2) is 138 Å². The number of thioether (sulfide) groups is 1. The molecule has 1 fully saturated rings. The molecule has 5 rings (SSSR count). The lowest BCUT2D eigenvalue weighted by molar-refractivity contribution is -0.117. The van der Waals surface area contributed by atoms with Crippen molar-refractivity contribution in [1.29, 1.82) is 0 Å². The Labute approximate surface area is 243 Å². The number of ether oxygens (including phenoxy) is 1. The van der Waals surface area contributed by atoms with Gasteiger partial charge in [0, 0.05) is 28.4 Å². The van der Waals surface area contributed by atoms with Crippen LogP contribution in [0.2, 0.25) is 0 Å². The van der Waals surface area contributed by atoms with E-state index in [4.69, 9.17) is 9.16 Å². The first-order valence-corrected chi connectivity index (χ1v) is 16.5. The highest BCUT2D eigenvalue weighted by molar-refractivity contribution is 8.00. The fraction of sp³-hybridized carbons (Fsp3) is 0.229. The Hall–Kier alpha value is -3.38. The molecule has 0 N–H and O–H groups in total. The number of carbonyl (C=O) groups is 1. The van der Waals surface area contributed by atoms with Gasteiger partial charge in [-0.15, -0.1) is 11.8 Å². The Morgan fingerprint density at radius 2 is 1.23 bits per heavy atom. The molecule has 0 spiro atoms. The highest BCUT2D eigenvalue weighted by Crippen LogP contribution is 2.50. The van der Waals surface area contributed by atoms with E-state index in [0.717, 1.165) is 10.5 Å². The van der Waals surface area contributed by atoms with Gasteiger partial charge in [-0.2, -0.15) is 0 Å². The zero-order chi connectivity index (χ0) is 28.0. The summed E-state index contributed by atoms with van der Waals surface area (Å²) in [6.07, 6.45) is 2.43. The summed E-state index contributed by atoms with van der Waals surface area (Å²) in [7, 11) is -1.31. The van der Waals surface area contributed by atoms with Crippen LogP contribution in [-0.4, -0.2) is 32.1 Å². The number of hydrogen-bond acceptors (Lipinski definition) is 4. The SMILES string of the molecule is COC=C(C)C(C)(Sc1ccccc1)C1CC(=O)CC1O[Si](c1ccccc1)(c1ccccc1)c1ccccc1. The minimum Gasteiger partial charge on any atom is -0.504 e. The van der Waals surface area contributed by atoms with Crippen molar-refractivity contribution in [2.45, 2.75) is 42.4 Å². The number of methoxy groups -OCH3 is 1. The van der Waals surface area contributed by atoms with Crippen molar-refractivity contribution in [3.05, 3.63) is 133 Å². The molecule has 4 aromatic carbocycles. The van der Waals surface area contributed by atoms with Gasteiger partial charge in [0.1, 0.15) is 5.78 Å². The Morgan fingerprint density at radius 1 is 0.775 bits per heavy atom. The molecule has 0 bridgehead atoms. The number of carbonyl (C=O) groups excluding carboxylic acids is 1. The van der Waals surface area contributed by atoms with Gasteiger partial charge in [-0.3, -0.25) is 4.79 Å². The molecule has 0 amide bonds. The molecule has 3 nitrogen and oxygen atoms in total. The molecule has 4 aromatic rings. The number of rotatable bonds is 10. The van der Waals surface area contributed by atoms with E-state index in [1.54, 1.807) is 18.9 Å². The minimum atomic E-state index is -3.00. The van der Waals surface area contributed by atoms with Crippen molar-refractivity contribution >= 4 is 41.4 Å². The Bertz CT molecular complexity index is 1330. The van der Waals surface area contributed by atoms with Gasteiger partial charge in [-0.1, -0.05) is 109 Å². The van der Waals surface area contributed by atoms with E-state index in [0.29, 0.717) is 12.8 Å². The molecule has 0 heterocycles. The fourth-order valence-corrected chi connectivity index (χ4v) is 11.4. The van der Waals surface area contributed by atoms with Gasteiger partial charge in [0.25, 0.3) is 8.32 Å². The summed E-state index contributed by atoms with van der Waals surface area (Å²) >= 11 is 1.79. The molecule has 0 saturated heterocycles. The maximum atomic E-state index is 13.3. The zero-order valence-corrected chi connectivity index (χ0v) is 25.1. The second-order valence-corrected chi connectivity index (χ2v) is 15.4. The van der Waals surface area contributed by atoms with Gasteiger partial charge in [0.15, 0.2) is 0 Å². The van der Waals surface area contributed by atoms with Crippen LogP contribution in [0.1, 0.15) is 26.7 Å². The molecule has 3 unspecified atom stereocenters. The third-order valence-corrected chi connectivity index (χ3v) is 13.7. The zero-order valence-electron chi connectivity index (χ0n) is 23.3. The van der Waals surface area contributed by atoms with Crippen LogP contribution in [0.3, 0.4) is 0 Å². The van der Waals surface area contributed by atoms with Crippen LogP contribution in [0.4, 0.5) is 0 Å². The average molecular weight is 565 g/mol. The van der Waals surface area contributed by atoms with Crippen molar-refractivity contribution < 1.29 is 14.0 Å². The summed E-state index contributed by atoms with van der Waals surface area (Å²) in [6, 6.07) is 42.2. The van der Waals surface area contributed by atoms with E-state index in [1.807, 2.05) is 30.5 Å². The standard InChI is InChI=1S/C35H36O3SSi/c1-27(26-37-3)35(2,39-29-16-8-4-9-17-29)33-24-28(36)25-34(33)38-40(30-18-10-5-11-19-30,31-20-12-6-13-21-31)32-22-14-7-15-23-32/h4-23,26,33-34H,24-25H2,1-3H3. The van der Waals surface area contributed by atoms with Crippen molar-refractivity contribution in [3.63, 3.8) is 0 Å². The van der Waals surface area contributed by atoms with Crippen LogP contribution < -0.4 is 15.6 Å². The van der Waals surface area contributed by atoms with Crippen molar-refractivity contribution in [3.8, 4) is 0 Å². The molecule has 204 valence electrons. The van der Waals surface area contributed by atoms with E-state index in [1.165, 1.54) is 15.6 Å². The van der Waals surface area contributed by atoms with Crippen LogP contribution in [0.5, 0.6) is 0 Å². The first-order valence-electron chi connectivity index (χ1n) is 13.8. The number of ketones is 1. The lowest BCUT2D eigenvalue weighted by Crippen LogP contribution is -2.71. The van der Waals surface area contributed by atoms with E-state index >= 15 is 0 Å². The highest BCUT2D eigenvalue weighted by Gasteiger charge is 2.52. The lowest BCUT2D eigenvalue weighted by Gasteiger charge is -2.43. The monoisotopic (exact) mass is 564 g/mol. The Kier molecular flexibility index (Phi) is 8.74. The number of hydrogen-bond donors (Lipinski definition) is 0. The summed E-state index contributed by atoms with van der Waals surface area (Å²) < 4.78 is 12.7. The average Bonchev–Trinajstić information content (AvgIpc) is 3.38. The van der Waals surface area contributed by atoms with Crippen LogP contribution in [0, 0.1) is 5.92 Å². The second kappa shape index (κ2) is 12.4. The summed E-state index contributed by atoms with van der Waals surface area (Å²) in [4.78, 5) is 14.5. The van der Waals surface area contributed by atoms with Crippen molar-refractivity contribution in [2.75, 3.05) is 7.11 Å². The fourth-order valence-electron chi connectivity index (χ4n) is 5.93. The summed E-state index contributed by atoms with van der Waals surface area (Å²) in [6.45, 7) is 4.35. The van der Waals surface area contributed by atoms with Gasteiger partial charge < -0.3 is 9.16 Å². The Balaban J connectivity index is 1.67. The smallest absolute Gasteiger partial charge is 0.288 e. The molecule has 0 aromatic heterocycles. The first-order chi connectivity index (χ1) is 19.5. The predicted octanol–water partition coefficient (Wildman–Crippen LogP) is 6.12. The Morgan fingerprint density at radius 3 is 1.68 bits per heavy atom. The molecular formula is C35H36O3SSi. The number of benzene rings is 4. The highest BCUT2D eigenvalue weighted by atomic mass is 32.2. The van der Waals surface area contributed by atoms with Gasteiger partial charge in [0.2, 0.25) is 0 Å². The van der Waals surface area contributed by atoms with Gasteiger partial charge in [-0.05, 0) is 47.1 Å². The van der Waals surface area contributed by atoms with E-state index in [9.17, 15) is 4.79 Å². The number of Topliss-reactive ketones (excluding diaryl/α,β-unsaturated/α-hetero) is 1. The lowest BCUT2D eigenvalue weighted by atomic mass is 9.85. The largest absolute Gasteiger partial charge is 0.504 e. The molecule has 0 radical (unpaired) electrons. The molecular weight excluding hydrogens is 529 g/mol. The van der Waals surface area contributed by atoms with Crippen LogP contribution >= 0.6 is 11.8 Å². The summed E-state index contributed by atoms with van der Waals surface area (Å²) in [5, 5.41) is 3.52. The maximum Gasteiger partial charge on any atom is 0.288 e. The van der Waals surface area contributed by atoms with Crippen LogP contribution in [-0.2, 0) is 14.0 Å². The van der Waals surface area contributed by atoms with E-state index in [2.05, 4.69) is 111 Å². The first kappa shape index (κ1) is 28.2. The topological polar surface area (TPSA) is 35.5 Å². The third-order valence-electron chi connectivity index (χ3n) is 8.05. The van der Waals surface area contributed by atoms with Crippen LogP contribution in [0.25, 0.3) is 0 Å². The molecule has 1 aliphatic carbocycles. The molecule has 0 aliphatic heterocycles. The van der Waals surface area contributed by atoms with E-state index in [-0.39, 0.29) is 17.8 Å². The van der Waals surface area contributed by atoms with E-state index < -0.39 is 13.1 Å². The molecule has 1 saturated carbocycles. The van der Waals surface area contributed by atoms with Gasteiger partial charge in [-0.25, -0.2) is 0 Å². The molecule has 5 heteroatoms. The normalized spacial score (nSPS) is 19.3. The minimum absolute atomic E-state index is 0.0420. The van der Waals surface area contributed by atoms with Crippen molar-refractivity contribution in [2.24, 2.45) is 5.92 Å². The summed E-state index contributed by atoms with van der Waals surface area (Å²) in [5.41, 5.74) is 1.09. The van der Waals surface area contributed by atoms with Gasteiger partial charge >= 0.3 is 0 Å². The quantitative estimate of drug-likeness (QED) is 0.101. The summed E-state index contributed by atoms with van der Waals surface area (Å²) in [5.74, 6) is 0.205. The molecule has 3 atom stereocenters. The molecule has 40 heavy (non-hydrogen) atoms. The third kappa shape index (κ3) is 5.60. The van der Waals surface area contributed by atoms with Crippen molar-refractivity contribution in [1.82, 2.24) is 0 Å². The van der Waals surface area contributed by atoms with Gasteiger partial charge in [0.05, 0.1) is 19.5 Å². The molecule has 1 aliphatic rings.